The van der Waals surface area contributed by atoms with Crippen LogP contribution in [-0.2, 0) is 18.9 Å². The van der Waals surface area contributed by atoms with Crippen molar-refractivity contribution < 1.29 is 19.2 Å². The minimum Gasteiger partial charge on any atom is -0.349 e. The first-order chi connectivity index (χ1) is 17.5. The molecule has 198 valence electrons. The lowest BCUT2D eigenvalue weighted by molar-refractivity contribution is -0.105. The number of nitrogens with one attached hydrogen (secondary N) is 4. The van der Waals surface area contributed by atoms with Gasteiger partial charge >= 0.3 is 0 Å². The molecule has 3 aromatic heterocycles. The fraction of sp³-hybridized carbons (Fsp3) is 0.375. The van der Waals surface area contributed by atoms with Gasteiger partial charge in [0.05, 0.1) is 11.4 Å². The Morgan fingerprint density at radius 1 is 1.00 bits per heavy atom. The Balaban J connectivity index is 1.72. The summed E-state index contributed by atoms with van der Waals surface area (Å²) in [6, 6.07) is 3.09. The molecule has 0 fully saturated rings. The van der Waals surface area contributed by atoms with Crippen LogP contribution in [0.4, 0.5) is 16.5 Å². The molecule has 0 aromatic carbocycles. The molecule has 0 spiro atoms. The minimum atomic E-state index is -0.428. The van der Waals surface area contributed by atoms with Gasteiger partial charge in [-0.3, -0.25) is 24.5 Å². The molecule has 3 rings (SSSR count). The molecule has 3 aromatic rings. The second-order valence-electron chi connectivity index (χ2n) is 9.07. The predicted molar refractivity (Wildman–Crippen MR) is 144 cm³/mol. The van der Waals surface area contributed by atoms with Gasteiger partial charge < -0.3 is 30.0 Å². The van der Waals surface area contributed by atoms with Crippen molar-refractivity contribution in [2.24, 2.45) is 14.1 Å². The van der Waals surface area contributed by atoms with Gasteiger partial charge in [0.25, 0.3) is 17.7 Å². The maximum Gasteiger partial charge on any atom is 0.274 e. The lowest BCUT2D eigenvalue weighted by atomic mass is 10.1. The number of hydrogen-bond acceptors (Lipinski definition) is 7. The summed E-state index contributed by atoms with van der Waals surface area (Å²) >= 11 is 1.26. The van der Waals surface area contributed by atoms with Crippen LogP contribution >= 0.6 is 11.3 Å². The summed E-state index contributed by atoms with van der Waals surface area (Å²) in [7, 11) is 7.22. The summed E-state index contributed by atoms with van der Waals surface area (Å²) in [4.78, 5) is 56.2. The summed E-state index contributed by atoms with van der Waals surface area (Å²) in [5.74, 6) is -1.05. The summed E-state index contributed by atoms with van der Waals surface area (Å²) in [5, 5.41) is 11.2. The third-order valence-corrected chi connectivity index (χ3v) is 6.69. The number of rotatable bonds is 11. The van der Waals surface area contributed by atoms with Crippen LogP contribution in [0.25, 0.3) is 0 Å². The molecule has 0 unspecified atom stereocenters. The van der Waals surface area contributed by atoms with Gasteiger partial charge in [-0.15, -0.1) is 11.3 Å². The number of thiazole rings is 1. The monoisotopic (exact) mass is 528 g/mol. The molecule has 0 aliphatic rings. The van der Waals surface area contributed by atoms with E-state index in [1.54, 1.807) is 47.8 Å². The van der Waals surface area contributed by atoms with Gasteiger partial charge in [-0.2, -0.15) is 0 Å². The number of nitrogens with zero attached hydrogens (tertiary/aromatic N) is 4. The van der Waals surface area contributed by atoms with Crippen molar-refractivity contribution in [3.05, 3.63) is 46.5 Å². The van der Waals surface area contributed by atoms with Crippen LogP contribution in [-0.4, -0.2) is 70.3 Å². The maximum atomic E-state index is 13.0. The van der Waals surface area contributed by atoms with Crippen LogP contribution in [0.3, 0.4) is 0 Å². The van der Waals surface area contributed by atoms with E-state index in [4.69, 9.17) is 0 Å². The Kier molecular flexibility index (Phi) is 8.84. The third kappa shape index (κ3) is 6.83. The highest BCUT2D eigenvalue weighted by atomic mass is 32.1. The number of anilines is 3. The van der Waals surface area contributed by atoms with Crippen molar-refractivity contribution in [2.75, 3.05) is 43.1 Å². The van der Waals surface area contributed by atoms with E-state index in [2.05, 4.69) is 26.3 Å². The van der Waals surface area contributed by atoms with Crippen LogP contribution < -0.4 is 21.3 Å². The van der Waals surface area contributed by atoms with E-state index in [1.807, 2.05) is 32.8 Å². The van der Waals surface area contributed by atoms with Crippen molar-refractivity contribution >= 4 is 52.0 Å². The number of hydrogen-bond donors (Lipinski definition) is 4. The first-order valence-corrected chi connectivity index (χ1v) is 12.4. The number of amides is 4. The van der Waals surface area contributed by atoms with E-state index in [0.717, 1.165) is 4.88 Å². The quantitative estimate of drug-likeness (QED) is 0.281. The Labute approximate surface area is 219 Å². The lowest BCUT2D eigenvalue weighted by Crippen LogP contribution is -2.32. The Morgan fingerprint density at radius 2 is 1.59 bits per heavy atom. The summed E-state index contributed by atoms with van der Waals surface area (Å²) in [5.41, 5.74) is 1.85. The zero-order valence-electron chi connectivity index (χ0n) is 21.7. The van der Waals surface area contributed by atoms with E-state index in [-0.39, 0.29) is 11.8 Å². The number of carbonyl (C=O) groups excluding carboxylic acids is 4. The molecule has 13 heteroatoms. The van der Waals surface area contributed by atoms with E-state index in [0.29, 0.717) is 53.1 Å². The molecule has 4 amide bonds. The average molecular weight is 529 g/mol. The van der Waals surface area contributed by atoms with Gasteiger partial charge in [0.1, 0.15) is 17.1 Å². The molecular formula is C24H32N8O4S. The van der Waals surface area contributed by atoms with Crippen molar-refractivity contribution in [1.82, 2.24) is 24.3 Å². The van der Waals surface area contributed by atoms with Gasteiger partial charge in [-0.25, -0.2) is 4.98 Å². The van der Waals surface area contributed by atoms with Crippen LogP contribution in [0.5, 0.6) is 0 Å². The van der Waals surface area contributed by atoms with Gasteiger partial charge in [-0.1, -0.05) is 13.8 Å². The second kappa shape index (κ2) is 11.8. The molecule has 3 heterocycles. The highest BCUT2D eigenvalue weighted by Crippen LogP contribution is 2.30. The molecule has 37 heavy (non-hydrogen) atoms. The minimum absolute atomic E-state index is 0.0503. The molecule has 0 radical (unpaired) electrons. The van der Waals surface area contributed by atoms with Gasteiger partial charge in [0, 0.05) is 44.5 Å². The van der Waals surface area contributed by atoms with E-state index >= 15 is 0 Å². The highest BCUT2D eigenvalue weighted by Gasteiger charge is 2.23. The zero-order chi connectivity index (χ0) is 27.3. The van der Waals surface area contributed by atoms with E-state index in [1.165, 1.54) is 11.3 Å². The van der Waals surface area contributed by atoms with Crippen molar-refractivity contribution in [3.8, 4) is 0 Å². The Bertz CT molecular complexity index is 1300. The van der Waals surface area contributed by atoms with Crippen molar-refractivity contribution in [2.45, 2.75) is 19.8 Å². The molecule has 0 saturated carbocycles. The first-order valence-electron chi connectivity index (χ1n) is 11.6. The normalized spacial score (nSPS) is 11.0. The van der Waals surface area contributed by atoms with Crippen molar-refractivity contribution in [3.63, 3.8) is 0 Å². The van der Waals surface area contributed by atoms with Crippen LogP contribution in [0.15, 0.2) is 24.5 Å². The maximum absolute atomic E-state index is 13.0. The standard InChI is InChI=1S/C24H32N8O4S/c1-14(2)20-19(23(36)25-7-8-30(3)4)28-24(37-20)29-22(35)18-10-16(12-32(18)6)27-21(34)17-9-15(26-13-33)11-31(17)5/h9-14H,7-8H2,1-6H3,(H,25,36)(H,26,33)(H,27,34)(H,28,29,35). The fourth-order valence-electron chi connectivity index (χ4n) is 3.57. The van der Waals surface area contributed by atoms with Crippen LogP contribution in [0.2, 0.25) is 0 Å². The summed E-state index contributed by atoms with van der Waals surface area (Å²) < 4.78 is 3.17. The third-order valence-electron chi connectivity index (χ3n) is 5.42. The molecule has 12 nitrogen and oxygen atoms in total. The molecule has 4 N–H and O–H groups in total. The predicted octanol–water partition coefficient (Wildman–Crippen LogP) is 2.31. The van der Waals surface area contributed by atoms with Gasteiger partial charge in [-0.05, 0) is 32.1 Å². The Hall–Kier alpha value is -3.97. The van der Waals surface area contributed by atoms with Gasteiger partial charge in [0.15, 0.2) is 5.13 Å². The first kappa shape index (κ1) is 27.6. The van der Waals surface area contributed by atoms with E-state index < -0.39 is 11.8 Å². The Morgan fingerprint density at radius 3 is 2.19 bits per heavy atom. The van der Waals surface area contributed by atoms with Crippen molar-refractivity contribution in [1.29, 1.82) is 0 Å². The topological polar surface area (TPSA) is 142 Å². The van der Waals surface area contributed by atoms with Gasteiger partial charge in [0.2, 0.25) is 6.41 Å². The number of carbonyl (C=O) groups is 4. The number of likely N-dealkylation sites (N-methyl/N-ethyl adjacent to an activating group) is 1. The molecule has 0 bridgehead atoms. The molecular weight excluding hydrogens is 496 g/mol. The molecule has 0 aliphatic heterocycles. The highest BCUT2D eigenvalue weighted by molar-refractivity contribution is 7.16. The fourth-order valence-corrected chi connectivity index (χ4v) is 4.53. The molecule has 0 saturated heterocycles. The summed E-state index contributed by atoms with van der Waals surface area (Å²) in [6.45, 7) is 5.11. The zero-order valence-corrected chi connectivity index (χ0v) is 22.5. The smallest absolute Gasteiger partial charge is 0.274 e. The molecule has 0 aliphatic carbocycles. The number of aryl methyl sites for hydroxylation is 2. The largest absolute Gasteiger partial charge is 0.349 e. The van der Waals surface area contributed by atoms with Crippen LogP contribution in [0, 0.1) is 0 Å². The average Bonchev–Trinajstić information content (AvgIpc) is 3.50. The van der Waals surface area contributed by atoms with Crippen LogP contribution in [0.1, 0.15) is 56.1 Å². The second-order valence-corrected chi connectivity index (χ2v) is 10.1. The summed E-state index contributed by atoms with van der Waals surface area (Å²) in [6.07, 6.45) is 3.76. The molecule has 0 atom stereocenters. The number of aromatic nitrogens is 3. The lowest BCUT2D eigenvalue weighted by Gasteiger charge is -2.10. The van der Waals surface area contributed by atoms with E-state index in [9.17, 15) is 19.2 Å². The SMILES string of the molecule is CC(C)c1sc(NC(=O)c2cc(NC(=O)c3cc(NC=O)cn3C)cn2C)nc1C(=O)NCCN(C)C.